The van der Waals surface area contributed by atoms with E-state index in [0.29, 0.717) is 11.4 Å². The van der Waals surface area contributed by atoms with Crippen LogP contribution in [0.25, 0.3) is 10.1 Å². The quantitative estimate of drug-likeness (QED) is 0.788. The number of fused-ring (bicyclic) bond motifs is 1. The molecule has 23 heavy (non-hydrogen) atoms. The number of amides is 2. The number of esters is 1. The normalized spacial score (nSPS) is 11.7. The molecule has 0 aliphatic rings. The molecule has 2 rings (SSSR count). The molecule has 0 spiro atoms. The molecule has 0 bridgehead atoms. The van der Waals surface area contributed by atoms with Crippen LogP contribution in [0.15, 0.2) is 30.3 Å². The third-order valence-electron chi connectivity index (χ3n) is 3.08. The van der Waals surface area contributed by atoms with Crippen molar-refractivity contribution in [2.45, 2.75) is 19.9 Å². The molecule has 0 aliphatic heterocycles. The first-order valence-corrected chi connectivity index (χ1v) is 8.05. The number of benzene rings is 1. The van der Waals surface area contributed by atoms with Crippen LogP contribution in [0.1, 0.15) is 23.5 Å². The van der Waals surface area contributed by atoms with Crippen LogP contribution in [-0.4, -0.2) is 37.0 Å². The Kier molecular flexibility index (Phi) is 5.70. The van der Waals surface area contributed by atoms with E-state index < -0.39 is 24.5 Å². The van der Waals surface area contributed by atoms with E-state index in [1.165, 1.54) is 11.3 Å². The molecule has 1 aromatic heterocycles. The summed E-state index contributed by atoms with van der Waals surface area (Å²) in [5.74, 6) is -1.35. The summed E-state index contributed by atoms with van der Waals surface area (Å²) in [5.41, 5.74) is 0. The van der Waals surface area contributed by atoms with E-state index in [-0.39, 0.29) is 5.91 Å². The fourth-order valence-corrected chi connectivity index (χ4v) is 2.92. The number of rotatable bonds is 6. The second-order valence-electron chi connectivity index (χ2n) is 4.91. The molecule has 2 amide bonds. The van der Waals surface area contributed by atoms with Crippen molar-refractivity contribution in [1.82, 2.24) is 10.6 Å². The Morgan fingerprint density at radius 3 is 2.70 bits per heavy atom. The maximum Gasteiger partial charge on any atom is 0.348 e. The highest BCUT2D eigenvalue weighted by atomic mass is 32.1. The van der Waals surface area contributed by atoms with Crippen molar-refractivity contribution >= 4 is 39.2 Å². The Hall–Kier alpha value is -2.41. The van der Waals surface area contributed by atoms with Gasteiger partial charge in [-0.15, -0.1) is 11.3 Å². The third-order valence-corrected chi connectivity index (χ3v) is 4.18. The van der Waals surface area contributed by atoms with Crippen LogP contribution in [0.4, 0.5) is 0 Å². The number of thiophene rings is 1. The van der Waals surface area contributed by atoms with Crippen molar-refractivity contribution in [3.8, 4) is 0 Å². The van der Waals surface area contributed by atoms with Gasteiger partial charge < -0.3 is 15.4 Å². The van der Waals surface area contributed by atoms with Crippen LogP contribution in [0.5, 0.6) is 0 Å². The smallest absolute Gasteiger partial charge is 0.348 e. The number of carbonyl (C=O) groups excluding carboxylic acids is 3. The van der Waals surface area contributed by atoms with E-state index in [4.69, 9.17) is 4.74 Å². The summed E-state index contributed by atoms with van der Waals surface area (Å²) in [7, 11) is 0. The van der Waals surface area contributed by atoms with Gasteiger partial charge in [0.1, 0.15) is 10.9 Å². The van der Waals surface area contributed by atoms with Gasteiger partial charge in [-0.3, -0.25) is 9.59 Å². The molecule has 0 radical (unpaired) electrons. The number of carbonyl (C=O) groups is 3. The molecule has 1 aromatic carbocycles. The second-order valence-corrected chi connectivity index (χ2v) is 5.99. The monoisotopic (exact) mass is 334 g/mol. The highest BCUT2D eigenvalue weighted by Crippen LogP contribution is 2.25. The molecule has 7 heteroatoms. The van der Waals surface area contributed by atoms with Crippen molar-refractivity contribution in [1.29, 1.82) is 0 Å². The van der Waals surface area contributed by atoms with Crippen molar-refractivity contribution < 1.29 is 19.1 Å². The summed E-state index contributed by atoms with van der Waals surface area (Å²) in [4.78, 5) is 35.6. The number of hydrogen-bond acceptors (Lipinski definition) is 5. The van der Waals surface area contributed by atoms with Crippen molar-refractivity contribution in [3.63, 3.8) is 0 Å². The predicted octanol–water partition coefficient (Wildman–Crippen LogP) is 1.70. The molecule has 0 unspecified atom stereocenters. The molecule has 122 valence electrons. The van der Waals surface area contributed by atoms with Gasteiger partial charge in [0, 0.05) is 11.2 Å². The fraction of sp³-hybridized carbons (Fsp3) is 0.312. The van der Waals surface area contributed by atoms with Gasteiger partial charge in [0.2, 0.25) is 5.91 Å². The van der Waals surface area contributed by atoms with Crippen LogP contribution >= 0.6 is 11.3 Å². The summed E-state index contributed by atoms with van der Waals surface area (Å²) < 4.78 is 5.97. The Balaban J connectivity index is 1.86. The van der Waals surface area contributed by atoms with Crippen molar-refractivity contribution in [2.24, 2.45) is 0 Å². The third kappa shape index (κ3) is 4.53. The standard InChI is InChI=1S/C16H18N2O4S/c1-3-17-15(20)10(2)18-14(19)9-22-16(21)13-8-11-6-4-5-7-12(11)23-13/h4-8,10H,3,9H2,1-2H3,(H,17,20)(H,18,19)/t10-/m0/s1. The van der Waals surface area contributed by atoms with E-state index in [0.717, 1.165) is 10.1 Å². The largest absolute Gasteiger partial charge is 0.451 e. The van der Waals surface area contributed by atoms with E-state index >= 15 is 0 Å². The molecule has 0 aliphatic carbocycles. The Bertz CT molecular complexity index is 693. The van der Waals surface area contributed by atoms with Gasteiger partial charge in [0.15, 0.2) is 6.61 Å². The number of ether oxygens (including phenoxy) is 1. The summed E-state index contributed by atoms with van der Waals surface area (Å²) in [6.45, 7) is 3.42. The average molecular weight is 334 g/mol. The topological polar surface area (TPSA) is 84.5 Å². The molecule has 0 saturated carbocycles. The Morgan fingerprint density at radius 1 is 1.26 bits per heavy atom. The number of nitrogens with one attached hydrogen (secondary N) is 2. The van der Waals surface area contributed by atoms with Gasteiger partial charge in [0.05, 0.1) is 0 Å². The minimum atomic E-state index is -0.675. The zero-order chi connectivity index (χ0) is 16.8. The summed E-state index contributed by atoms with van der Waals surface area (Å²) in [5, 5.41) is 6.03. The van der Waals surface area contributed by atoms with Crippen LogP contribution < -0.4 is 10.6 Å². The molecule has 0 saturated heterocycles. The highest BCUT2D eigenvalue weighted by molar-refractivity contribution is 7.20. The van der Waals surface area contributed by atoms with Gasteiger partial charge in [-0.05, 0) is 31.4 Å². The van der Waals surface area contributed by atoms with Crippen molar-refractivity contribution in [2.75, 3.05) is 13.2 Å². The Morgan fingerprint density at radius 2 is 2.00 bits per heavy atom. The molecule has 0 fully saturated rings. The molecular formula is C16H18N2O4S. The number of likely N-dealkylation sites (N-methyl/N-ethyl adjacent to an activating group) is 1. The SMILES string of the molecule is CCNC(=O)[C@H](C)NC(=O)COC(=O)c1cc2ccccc2s1. The minimum absolute atomic E-state index is 0.281. The maximum absolute atomic E-state index is 12.0. The van der Waals surface area contributed by atoms with Gasteiger partial charge in [-0.2, -0.15) is 0 Å². The van der Waals surface area contributed by atoms with Crippen LogP contribution in [0.2, 0.25) is 0 Å². The first kappa shape index (κ1) is 17.0. The summed E-state index contributed by atoms with van der Waals surface area (Å²) in [6.07, 6.45) is 0. The first-order valence-electron chi connectivity index (χ1n) is 7.24. The van der Waals surface area contributed by atoms with E-state index in [1.54, 1.807) is 19.9 Å². The summed E-state index contributed by atoms with van der Waals surface area (Å²) >= 11 is 1.31. The second kappa shape index (κ2) is 7.73. The molecule has 2 aromatic rings. The van der Waals surface area contributed by atoms with Crippen molar-refractivity contribution in [3.05, 3.63) is 35.2 Å². The van der Waals surface area contributed by atoms with Crippen LogP contribution in [0.3, 0.4) is 0 Å². The number of hydrogen-bond donors (Lipinski definition) is 2. The van der Waals surface area contributed by atoms with Gasteiger partial charge in [-0.25, -0.2) is 4.79 Å². The fourth-order valence-electron chi connectivity index (χ4n) is 1.96. The molecule has 1 atom stereocenters. The lowest BCUT2D eigenvalue weighted by molar-refractivity contribution is -0.130. The maximum atomic E-state index is 12.0. The lowest BCUT2D eigenvalue weighted by Crippen LogP contribution is -2.46. The van der Waals surface area contributed by atoms with Gasteiger partial charge in [-0.1, -0.05) is 18.2 Å². The molecule has 6 nitrogen and oxygen atoms in total. The highest BCUT2D eigenvalue weighted by Gasteiger charge is 2.17. The average Bonchev–Trinajstić information content (AvgIpc) is 2.96. The zero-order valence-electron chi connectivity index (χ0n) is 12.9. The summed E-state index contributed by atoms with van der Waals surface area (Å²) in [6, 6.07) is 8.66. The molecule has 1 heterocycles. The van der Waals surface area contributed by atoms with E-state index in [2.05, 4.69) is 10.6 Å². The molecular weight excluding hydrogens is 316 g/mol. The Labute approximate surface area is 137 Å². The lowest BCUT2D eigenvalue weighted by Gasteiger charge is -2.13. The van der Waals surface area contributed by atoms with E-state index in [1.807, 2.05) is 24.3 Å². The zero-order valence-corrected chi connectivity index (χ0v) is 13.7. The van der Waals surface area contributed by atoms with Crippen LogP contribution in [0, 0.1) is 0 Å². The molecule has 2 N–H and O–H groups in total. The minimum Gasteiger partial charge on any atom is -0.451 e. The van der Waals surface area contributed by atoms with Crippen LogP contribution in [-0.2, 0) is 14.3 Å². The van der Waals surface area contributed by atoms with Gasteiger partial charge in [0.25, 0.3) is 5.91 Å². The van der Waals surface area contributed by atoms with E-state index in [9.17, 15) is 14.4 Å². The lowest BCUT2D eigenvalue weighted by atomic mass is 10.2. The predicted molar refractivity (Wildman–Crippen MR) is 88.4 cm³/mol. The first-order chi connectivity index (χ1) is 11.0. The van der Waals surface area contributed by atoms with Gasteiger partial charge >= 0.3 is 5.97 Å².